The van der Waals surface area contributed by atoms with Gasteiger partial charge in [0.25, 0.3) is 0 Å². The highest BCUT2D eigenvalue weighted by atomic mass is 79.9. The van der Waals surface area contributed by atoms with Crippen LogP contribution in [-0.2, 0) is 20.7 Å². The summed E-state index contributed by atoms with van der Waals surface area (Å²) in [7, 11) is 0. The molecule has 0 aliphatic rings. The van der Waals surface area contributed by atoms with Gasteiger partial charge in [0, 0.05) is 4.47 Å². The Bertz CT molecular complexity index is 455. The van der Waals surface area contributed by atoms with E-state index in [-0.39, 0.29) is 19.4 Å². The molecular weight excluding hydrogens is 312 g/mol. The minimum atomic E-state index is -1.51. The van der Waals surface area contributed by atoms with E-state index in [9.17, 15) is 14.7 Å². The molecule has 0 bridgehead atoms. The molecule has 0 radical (unpaired) electrons. The SMILES string of the molecule is CCOC(=O)C(CC)(Cc1ccc(Br)cc1)C(=O)O. The van der Waals surface area contributed by atoms with Gasteiger partial charge in [0.2, 0.25) is 0 Å². The van der Waals surface area contributed by atoms with Gasteiger partial charge in [-0.2, -0.15) is 0 Å². The summed E-state index contributed by atoms with van der Waals surface area (Å²) in [6.45, 7) is 3.53. The van der Waals surface area contributed by atoms with Gasteiger partial charge in [-0.3, -0.25) is 9.59 Å². The second kappa shape index (κ2) is 6.70. The first-order valence-electron chi connectivity index (χ1n) is 6.11. The summed E-state index contributed by atoms with van der Waals surface area (Å²) in [6.07, 6.45) is 0.322. The first kappa shape index (κ1) is 15.7. The van der Waals surface area contributed by atoms with Crippen molar-refractivity contribution in [1.82, 2.24) is 0 Å². The minimum absolute atomic E-state index is 0.130. The highest BCUT2D eigenvalue weighted by Crippen LogP contribution is 2.30. The molecule has 1 rings (SSSR count). The van der Waals surface area contributed by atoms with E-state index in [1.54, 1.807) is 26.0 Å². The lowest BCUT2D eigenvalue weighted by molar-refractivity contribution is -0.168. The van der Waals surface area contributed by atoms with Gasteiger partial charge in [-0.15, -0.1) is 0 Å². The van der Waals surface area contributed by atoms with Crippen LogP contribution >= 0.6 is 15.9 Å². The van der Waals surface area contributed by atoms with Gasteiger partial charge in [-0.1, -0.05) is 35.0 Å². The van der Waals surface area contributed by atoms with Crippen LogP contribution in [0.25, 0.3) is 0 Å². The number of carboxylic acids is 1. The molecule has 1 aromatic rings. The molecule has 5 heteroatoms. The Hall–Kier alpha value is -1.36. The molecule has 0 amide bonds. The molecule has 1 N–H and O–H groups in total. The van der Waals surface area contributed by atoms with Crippen molar-refractivity contribution >= 4 is 27.9 Å². The van der Waals surface area contributed by atoms with Crippen LogP contribution in [0.1, 0.15) is 25.8 Å². The maximum absolute atomic E-state index is 12.0. The van der Waals surface area contributed by atoms with Gasteiger partial charge in [0.05, 0.1) is 6.61 Å². The molecule has 19 heavy (non-hydrogen) atoms. The van der Waals surface area contributed by atoms with Crippen molar-refractivity contribution in [1.29, 1.82) is 0 Å². The maximum Gasteiger partial charge on any atom is 0.323 e. The van der Waals surface area contributed by atoms with Crippen LogP contribution in [0.3, 0.4) is 0 Å². The fraction of sp³-hybridized carbons (Fsp3) is 0.429. The van der Waals surface area contributed by atoms with Crippen LogP contribution in [0.5, 0.6) is 0 Å². The van der Waals surface area contributed by atoms with Crippen LogP contribution in [0.2, 0.25) is 0 Å². The van der Waals surface area contributed by atoms with E-state index >= 15 is 0 Å². The summed E-state index contributed by atoms with van der Waals surface area (Å²) in [6, 6.07) is 7.25. The van der Waals surface area contributed by atoms with E-state index in [1.165, 1.54) is 0 Å². The average Bonchev–Trinajstić information content (AvgIpc) is 2.38. The zero-order valence-electron chi connectivity index (χ0n) is 11.0. The van der Waals surface area contributed by atoms with Crippen molar-refractivity contribution in [2.45, 2.75) is 26.7 Å². The predicted octanol–water partition coefficient (Wildman–Crippen LogP) is 3.04. The molecule has 4 nitrogen and oxygen atoms in total. The topological polar surface area (TPSA) is 63.6 Å². The van der Waals surface area contributed by atoms with E-state index in [1.807, 2.05) is 12.1 Å². The molecule has 0 aliphatic heterocycles. The molecule has 104 valence electrons. The highest BCUT2D eigenvalue weighted by Gasteiger charge is 2.46. The minimum Gasteiger partial charge on any atom is -0.480 e. The number of hydrogen-bond acceptors (Lipinski definition) is 3. The lowest BCUT2D eigenvalue weighted by atomic mass is 9.79. The van der Waals surface area contributed by atoms with Crippen LogP contribution in [0.15, 0.2) is 28.7 Å². The molecule has 1 atom stereocenters. The largest absolute Gasteiger partial charge is 0.480 e. The van der Waals surface area contributed by atoms with Crippen LogP contribution in [-0.4, -0.2) is 23.7 Å². The molecule has 0 aromatic heterocycles. The van der Waals surface area contributed by atoms with Crippen LogP contribution < -0.4 is 0 Å². The maximum atomic E-state index is 12.0. The van der Waals surface area contributed by atoms with Crippen molar-refractivity contribution in [3.8, 4) is 0 Å². The Morgan fingerprint density at radius 3 is 2.26 bits per heavy atom. The number of rotatable bonds is 6. The number of ether oxygens (including phenoxy) is 1. The second-order valence-corrected chi connectivity index (χ2v) is 5.18. The lowest BCUT2D eigenvalue weighted by Crippen LogP contribution is -2.42. The molecule has 1 unspecified atom stereocenters. The number of benzene rings is 1. The highest BCUT2D eigenvalue weighted by molar-refractivity contribution is 9.10. The Kier molecular flexibility index (Phi) is 5.54. The number of carbonyl (C=O) groups excluding carboxylic acids is 1. The van der Waals surface area contributed by atoms with Crippen molar-refractivity contribution in [3.63, 3.8) is 0 Å². The standard InChI is InChI=1S/C14H17BrO4/c1-3-14(12(16)17,13(18)19-4-2)9-10-5-7-11(15)8-6-10/h5-8H,3-4,9H2,1-2H3,(H,16,17). The second-order valence-electron chi connectivity index (χ2n) is 4.26. The summed E-state index contributed by atoms with van der Waals surface area (Å²) in [5.74, 6) is -1.82. The summed E-state index contributed by atoms with van der Waals surface area (Å²) >= 11 is 3.32. The molecule has 1 aromatic carbocycles. The van der Waals surface area contributed by atoms with E-state index in [2.05, 4.69) is 15.9 Å². The fourth-order valence-electron chi connectivity index (χ4n) is 1.88. The van der Waals surface area contributed by atoms with Crippen molar-refractivity contribution in [2.24, 2.45) is 5.41 Å². The summed E-state index contributed by atoms with van der Waals surface area (Å²) in [4.78, 5) is 23.5. The fourth-order valence-corrected chi connectivity index (χ4v) is 2.14. The molecule has 0 heterocycles. The molecule has 0 spiro atoms. The number of halogens is 1. The van der Waals surface area contributed by atoms with Gasteiger partial charge in [-0.25, -0.2) is 0 Å². The van der Waals surface area contributed by atoms with Gasteiger partial charge in [0.1, 0.15) is 0 Å². The van der Waals surface area contributed by atoms with Gasteiger partial charge < -0.3 is 9.84 Å². The normalized spacial score (nSPS) is 13.6. The first-order valence-corrected chi connectivity index (χ1v) is 6.90. The number of carboxylic acid groups (broad SMARTS) is 1. The van der Waals surface area contributed by atoms with Gasteiger partial charge >= 0.3 is 11.9 Å². The molecule has 0 aliphatic carbocycles. The molecule has 0 saturated carbocycles. The number of esters is 1. The Morgan fingerprint density at radius 2 is 1.84 bits per heavy atom. The van der Waals surface area contributed by atoms with Gasteiger partial charge in [-0.05, 0) is 37.5 Å². The first-order chi connectivity index (χ1) is 8.96. The number of aliphatic carboxylic acids is 1. The van der Waals surface area contributed by atoms with Crippen molar-refractivity contribution in [3.05, 3.63) is 34.3 Å². The number of hydrogen-bond donors (Lipinski definition) is 1. The Morgan fingerprint density at radius 1 is 1.26 bits per heavy atom. The summed E-state index contributed by atoms with van der Waals surface area (Å²) < 4.78 is 5.83. The van der Waals surface area contributed by atoms with Crippen molar-refractivity contribution < 1.29 is 19.4 Å². The third-order valence-electron chi connectivity index (χ3n) is 3.10. The third kappa shape index (κ3) is 3.56. The average molecular weight is 329 g/mol. The molecule has 0 saturated heterocycles. The van der Waals surface area contributed by atoms with Crippen LogP contribution in [0, 0.1) is 5.41 Å². The van der Waals surface area contributed by atoms with E-state index in [0.29, 0.717) is 0 Å². The summed E-state index contributed by atoms with van der Waals surface area (Å²) in [5, 5.41) is 9.43. The third-order valence-corrected chi connectivity index (χ3v) is 3.63. The van der Waals surface area contributed by atoms with E-state index in [4.69, 9.17) is 4.74 Å². The zero-order chi connectivity index (χ0) is 14.5. The van der Waals surface area contributed by atoms with E-state index < -0.39 is 17.4 Å². The van der Waals surface area contributed by atoms with Crippen molar-refractivity contribution in [2.75, 3.05) is 6.61 Å². The molecular formula is C14H17BrO4. The molecule has 0 fully saturated rings. The van der Waals surface area contributed by atoms with Crippen LogP contribution in [0.4, 0.5) is 0 Å². The van der Waals surface area contributed by atoms with E-state index in [0.717, 1.165) is 10.0 Å². The summed E-state index contributed by atoms with van der Waals surface area (Å²) in [5.41, 5.74) is -0.718. The Labute approximate surface area is 120 Å². The predicted molar refractivity (Wildman–Crippen MR) is 74.8 cm³/mol. The smallest absolute Gasteiger partial charge is 0.323 e. The lowest BCUT2D eigenvalue weighted by Gasteiger charge is -2.25. The number of carbonyl (C=O) groups is 2. The quantitative estimate of drug-likeness (QED) is 0.644. The van der Waals surface area contributed by atoms with Gasteiger partial charge in [0.15, 0.2) is 5.41 Å². The Balaban J connectivity index is 3.06. The monoisotopic (exact) mass is 328 g/mol. The zero-order valence-corrected chi connectivity index (χ0v) is 12.6.